The first kappa shape index (κ1) is 19.0. The van der Waals surface area contributed by atoms with Gasteiger partial charge in [-0.3, -0.25) is 14.5 Å². The molecular weight excluding hydrogens is 388 g/mol. The van der Waals surface area contributed by atoms with Crippen molar-refractivity contribution in [2.45, 2.75) is 11.9 Å². The van der Waals surface area contributed by atoms with E-state index in [-0.39, 0.29) is 17.7 Å². The van der Waals surface area contributed by atoms with Gasteiger partial charge in [-0.05, 0) is 40.9 Å². The monoisotopic (exact) mass is 406 g/mol. The van der Waals surface area contributed by atoms with Crippen LogP contribution in [0.5, 0.6) is 0 Å². The molecule has 1 aliphatic heterocycles. The maximum absolute atomic E-state index is 12.9. The minimum absolute atomic E-state index is 0.100. The highest BCUT2D eigenvalue weighted by molar-refractivity contribution is 8.15. The maximum atomic E-state index is 12.9. The van der Waals surface area contributed by atoms with Crippen molar-refractivity contribution in [3.63, 3.8) is 0 Å². The molecule has 0 radical (unpaired) electrons. The number of hydrogen-bond donors (Lipinski definition) is 1. The van der Waals surface area contributed by atoms with Gasteiger partial charge in [-0.25, -0.2) is 4.79 Å². The highest BCUT2D eigenvalue weighted by Crippen LogP contribution is 2.32. The molecule has 2 amide bonds. The Morgan fingerprint density at radius 1 is 1.07 bits per heavy atom. The summed E-state index contributed by atoms with van der Waals surface area (Å²) in [5.74, 6) is -0.771. The van der Waals surface area contributed by atoms with E-state index in [0.29, 0.717) is 11.1 Å². The minimum atomic E-state index is -0.697. The van der Waals surface area contributed by atoms with Gasteiger partial charge in [-0.15, -0.1) is 0 Å². The molecule has 6 nitrogen and oxygen atoms in total. The van der Waals surface area contributed by atoms with E-state index in [0.717, 1.165) is 28.2 Å². The predicted octanol–water partition coefficient (Wildman–Crippen LogP) is 4.26. The molecule has 1 fully saturated rings. The third-order valence-corrected chi connectivity index (χ3v) is 5.67. The van der Waals surface area contributed by atoms with Crippen LogP contribution in [0.1, 0.15) is 15.9 Å². The van der Waals surface area contributed by atoms with Gasteiger partial charge in [0, 0.05) is 11.1 Å². The lowest BCUT2D eigenvalue weighted by Crippen LogP contribution is -2.34. The molecule has 4 rings (SSSR count). The van der Waals surface area contributed by atoms with Gasteiger partial charge in [0.05, 0.1) is 19.2 Å². The number of anilines is 1. The number of nitrogens with one attached hydrogen (secondary N) is 1. The fourth-order valence-electron chi connectivity index (χ4n) is 3.27. The number of imide groups is 1. The molecule has 0 aliphatic carbocycles. The number of nitrogens with zero attached hydrogens (tertiary/aromatic N) is 1. The van der Waals surface area contributed by atoms with Crippen molar-refractivity contribution in [1.82, 2.24) is 4.90 Å². The molecule has 1 aliphatic rings. The average Bonchev–Trinajstić information content (AvgIpc) is 3.01. The summed E-state index contributed by atoms with van der Waals surface area (Å²) in [6.07, 6.45) is 0. The van der Waals surface area contributed by atoms with Crippen LogP contribution in [0.15, 0.2) is 66.7 Å². The Hall–Kier alpha value is -3.32. The Bertz CT molecular complexity index is 1110. The number of ether oxygens (including phenoxy) is 1. The van der Waals surface area contributed by atoms with E-state index in [1.54, 1.807) is 24.3 Å². The van der Waals surface area contributed by atoms with Crippen LogP contribution >= 0.6 is 11.8 Å². The Morgan fingerprint density at radius 3 is 2.66 bits per heavy atom. The van der Waals surface area contributed by atoms with Crippen LogP contribution in [0.2, 0.25) is 0 Å². The number of benzene rings is 3. The molecule has 3 aromatic carbocycles. The summed E-state index contributed by atoms with van der Waals surface area (Å²) in [4.78, 5) is 38.2. The lowest BCUT2D eigenvalue weighted by Gasteiger charge is -2.16. The number of carbonyl (C=O) groups excluding carboxylic acids is 3. The Labute approximate surface area is 171 Å². The maximum Gasteiger partial charge on any atom is 0.337 e. The molecule has 1 N–H and O–H groups in total. The fourth-order valence-corrected chi connectivity index (χ4v) is 4.17. The van der Waals surface area contributed by atoms with Crippen molar-refractivity contribution < 1.29 is 19.1 Å². The van der Waals surface area contributed by atoms with Gasteiger partial charge < -0.3 is 10.1 Å². The molecular formula is C22H18N2O4S. The third-order valence-electron chi connectivity index (χ3n) is 4.69. The lowest BCUT2D eigenvalue weighted by atomic mass is 10.1. The summed E-state index contributed by atoms with van der Waals surface area (Å²) < 4.78 is 4.72. The van der Waals surface area contributed by atoms with Crippen LogP contribution in [0.25, 0.3) is 10.8 Å². The molecule has 1 heterocycles. The molecule has 0 spiro atoms. The number of rotatable bonds is 5. The van der Waals surface area contributed by atoms with E-state index in [1.807, 2.05) is 42.5 Å². The topological polar surface area (TPSA) is 75.7 Å². The number of fused-ring (bicyclic) bond motifs is 1. The first-order chi connectivity index (χ1) is 14.1. The highest BCUT2D eigenvalue weighted by atomic mass is 32.2. The second kappa shape index (κ2) is 7.97. The number of methoxy groups -OCH3 is 1. The van der Waals surface area contributed by atoms with E-state index < -0.39 is 11.3 Å². The summed E-state index contributed by atoms with van der Waals surface area (Å²) in [5, 5.41) is 4.21. The van der Waals surface area contributed by atoms with Gasteiger partial charge in [-0.1, -0.05) is 48.5 Å². The standard InChI is InChI=1S/C22H18N2O4S/c1-28-21(26)16-9-4-6-14(12-16)13-24-20(25)19(29-22(24)27)23-18-11-5-8-15-7-2-3-10-17(15)18/h2-12,19,23H,13H2,1H3/t19-/m1/s1. The Balaban J connectivity index is 1.53. The number of thioether (sulfide) groups is 1. The van der Waals surface area contributed by atoms with E-state index in [2.05, 4.69) is 5.32 Å². The predicted molar refractivity (Wildman–Crippen MR) is 113 cm³/mol. The Kier molecular flexibility index (Phi) is 5.22. The number of hydrogen-bond acceptors (Lipinski definition) is 6. The van der Waals surface area contributed by atoms with Gasteiger partial charge in [0.15, 0.2) is 5.37 Å². The van der Waals surface area contributed by atoms with Crippen LogP contribution in [-0.2, 0) is 16.1 Å². The summed E-state index contributed by atoms with van der Waals surface area (Å²) in [6.45, 7) is 0.100. The largest absolute Gasteiger partial charge is 0.465 e. The SMILES string of the molecule is COC(=O)c1cccc(CN2C(=O)S[C@@H](Nc3cccc4ccccc34)C2=O)c1. The number of esters is 1. The van der Waals surface area contributed by atoms with Crippen molar-refractivity contribution in [3.8, 4) is 0 Å². The smallest absolute Gasteiger partial charge is 0.337 e. The summed E-state index contributed by atoms with van der Waals surface area (Å²) in [7, 11) is 1.31. The van der Waals surface area contributed by atoms with Crippen LogP contribution in [0.4, 0.5) is 10.5 Å². The second-order valence-corrected chi connectivity index (χ2v) is 7.61. The Morgan fingerprint density at radius 2 is 1.83 bits per heavy atom. The molecule has 7 heteroatoms. The lowest BCUT2D eigenvalue weighted by molar-refractivity contribution is -0.126. The molecule has 146 valence electrons. The zero-order valence-corrected chi connectivity index (χ0v) is 16.4. The van der Waals surface area contributed by atoms with E-state index in [9.17, 15) is 14.4 Å². The van der Waals surface area contributed by atoms with Crippen molar-refractivity contribution in [3.05, 3.63) is 77.9 Å². The molecule has 0 saturated carbocycles. The van der Waals surface area contributed by atoms with Crippen LogP contribution in [0.3, 0.4) is 0 Å². The van der Waals surface area contributed by atoms with Gasteiger partial charge in [-0.2, -0.15) is 0 Å². The van der Waals surface area contributed by atoms with Crippen molar-refractivity contribution in [2.24, 2.45) is 0 Å². The van der Waals surface area contributed by atoms with Gasteiger partial charge in [0.2, 0.25) is 0 Å². The quantitative estimate of drug-likeness (QED) is 0.638. The van der Waals surface area contributed by atoms with Crippen LogP contribution in [-0.4, -0.2) is 34.5 Å². The molecule has 0 unspecified atom stereocenters. The molecule has 1 atom stereocenters. The van der Waals surface area contributed by atoms with E-state index >= 15 is 0 Å². The molecule has 1 saturated heterocycles. The molecule has 3 aromatic rings. The molecule has 29 heavy (non-hydrogen) atoms. The third kappa shape index (κ3) is 3.82. The second-order valence-electron chi connectivity index (χ2n) is 6.55. The average molecular weight is 406 g/mol. The number of carbonyl (C=O) groups is 3. The van der Waals surface area contributed by atoms with Crippen molar-refractivity contribution in [1.29, 1.82) is 0 Å². The highest BCUT2D eigenvalue weighted by Gasteiger charge is 2.39. The van der Waals surface area contributed by atoms with Crippen LogP contribution < -0.4 is 5.32 Å². The zero-order chi connectivity index (χ0) is 20.4. The number of amides is 2. The van der Waals surface area contributed by atoms with Gasteiger partial charge >= 0.3 is 5.97 Å². The van der Waals surface area contributed by atoms with E-state index in [1.165, 1.54) is 12.0 Å². The van der Waals surface area contributed by atoms with Crippen molar-refractivity contribution in [2.75, 3.05) is 12.4 Å². The molecule has 0 aromatic heterocycles. The van der Waals surface area contributed by atoms with Crippen LogP contribution in [0, 0.1) is 0 Å². The summed E-state index contributed by atoms with van der Waals surface area (Å²) in [6, 6.07) is 20.4. The summed E-state index contributed by atoms with van der Waals surface area (Å²) >= 11 is 0.954. The minimum Gasteiger partial charge on any atom is -0.465 e. The van der Waals surface area contributed by atoms with Crippen molar-refractivity contribution >= 4 is 45.3 Å². The first-order valence-corrected chi connectivity index (χ1v) is 9.88. The van der Waals surface area contributed by atoms with Gasteiger partial charge in [0.1, 0.15) is 0 Å². The fraction of sp³-hybridized carbons (Fsp3) is 0.136. The van der Waals surface area contributed by atoms with Gasteiger partial charge in [0.25, 0.3) is 11.1 Å². The first-order valence-electron chi connectivity index (χ1n) is 9.00. The summed E-state index contributed by atoms with van der Waals surface area (Å²) in [5.41, 5.74) is 1.86. The zero-order valence-electron chi connectivity index (χ0n) is 15.6. The molecule has 0 bridgehead atoms. The normalized spacial score (nSPS) is 16.3. The van der Waals surface area contributed by atoms with E-state index in [4.69, 9.17) is 4.74 Å².